The van der Waals surface area contributed by atoms with Gasteiger partial charge in [0, 0.05) is 19.4 Å². The summed E-state index contributed by atoms with van der Waals surface area (Å²) < 4.78 is 0. The van der Waals surface area contributed by atoms with Crippen LogP contribution in [0.3, 0.4) is 0 Å². The molecule has 0 saturated heterocycles. The van der Waals surface area contributed by atoms with Gasteiger partial charge in [0.15, 0.2) is 0 Å². The lowest BCUT2D eigenvalue weighted by Gasteiger charge is -2.25. The summed E-state index contributed by atoms with van der Waals surface area (Å²) in [6, 6.07) is 10.2. The van der Waals surface area contributed by atoms with E-state index in [2.05, 4.69) is 46.5 Å². The predicted octanol–water partition coefficient (Wildman–Crippen LogP) is 1.51. The number of hydrogen-bond donors (Lipinski definition) is 3. The Bertz CT molecular complexity index is 658. The van der Waals surface area contributed by atoms with E-state index in [1.54, 1.807) is 0 Å². The van der Waals surface area contributed by atoms with Crippen LogP contribution in [0.2, 0.25) is 0 Å². The van der Waals surface area contributed by atoms with Gasteiger partial charge in [0.2, 0.25) is 5.91 Å². The zero-order chi connectivity index (χ0) is 16.0. The van der Waals surface area contributed by atoms with Crippen molar-refractivity contribution >= 4 is 5.91 Å². The minimum atomic E-state index is -0.328. The minimum Gasteiger partial charge on any atom is -0.356 e. The molecule has 1 aromatic carbocycles. The average molecular weight is 302 g/mol. The molecule has 0 aliphatic heterocycles. The molecule has 0 fully saturated rings. The number of benzene rings is 1. The number of rotatable bonds is 7. The first-order valence-electron chi connectivity index (χ1n) is 7.43. The molecule has 6 heteroatoms. The second-order valence-corrected chi connectivity index (χ2v) is 5.97. The average Bonchev–Trinajstić information content (AvgIpc) is 2.92. The molecule has 1 aromatic heterocycles. The van der Waals surface area contributed by atoms with E-state index in [0.29, 0.717) is 25.2 Å². The Morgan fingerprint density at radius 3 is 2.64 bits per heavy atom. The number of aromatic nitrogens is 3. The fourth-order valence-electron chi connectivity index (χ4n) is 2.29. The number of carbonyl (C=O) groups is 1. The second-order valence-electron chi connectivity index (χ2n) is 5.97. The van der Waals surface area contributed by atoms with Crippen molar-refractivity contribution in [3.05, 3.63) is 52.2 Å². The summed E-state index contributed by atoms with van der Waals surface area (Å²) in [5, 5.41) is 8.94. The Morgan fingerprint density at radius 2 is 2.00 bits per heavy atom. The third-order valence-corrected chi connectivity index (χ3v) is 3.77. The number of nitrogens with zero attached hydrogens (tertiary/aromatic N) is 1. The van der Waals surface area contributed by atoms with Crippen molar-refractivity contribution in [1.82, 2.24) is 20.5 Å². The number of hydrogen-bond acceptors (Lipinski definition) is 3. The Morgan fingerprint density at radius 1 is 1.27 bits per heavy atom. The van der Waals surface area contributed by atoms with Crippen LogP contribution in [0.1, 0.15) is 38.1 Å². The number of nitrogens with one attached hydrogen (secondary N) is 3. The van der Waals surface area contributed by atoms with E-state index in [0.717, 1.165) is 6.42 Å². The van der Waals surface area contributed by atoms with Gasteiger partial charge in [-0.3, -0.25) is 9.78 Å². The highest BCUT2D eigenvalue weighted by molar-refractivity contribution is 5.76. The van der Waals surface area contributed by atoms with Crippen molar-refractivity contribution in [2.24, 2.45) is 0 Å². The van der Waals surface area contributed by atoms with E-state index in [1.807, 2.05) is 18.2 Å². The van der Waals surface area contributed by atoms with Crippen LogP contribution in [-0.2, 0) is 16.6 Å². The Balaban J connectivity index is 1.74. The third-order valence-electron chi connectivity index (χ3n) is 3.77. The standard InChI is InChI=1S/C16H22N4O2/c1-16(2,12-6-4-3-5-7-12)10-8-14(21)17-11-9-13-18-15(22)20-19-13/h3-7H,8-11H2,1-2H3,(H,17,21)(H2,18,19,20,22). The third kappa shape index (κ3) is 4.58. The van der Waals surface area contributed by atoms with Gasteiger partial charge < -0.3 is 5.32 Å². The van der Waals surface area contributed by atoms with Gasteiger partial charge in [0.1, 0.15) is 5.82 Å². The number of H-pyrrole nitrogens is 2. The van der Waals surface area contributed by atoms with Gasteiger partial charge in [0.25, 0.3) is 0 Å². The van der Waals surface area contributed by atoms with Gasteiger partial charge in [-0.25, -0.2) is 9.89 Å². The molecule has 2 aromatic rings. The molecule has 0 aliphatic carbocycles. The predicted molar refractivity (Wildman–Crippen MR) is 84.6 cm³/mol. The van der Waals surface area contributed by atoms with Crippen molar-refractivity contribution in [3.8, 4) is 0 Å². The fraction of sp³-hybridized carbons (Fsp3) is 0.438. The molecule has 0 unspecified atom stereocenters. The van der Waals surface area contributed by atoms with Crippen molar-refractivity contribution < 1.29 is 4.79 Å². The summed E-state index contributed by atoms with van der Waals surface area (Å²) >= 11 is 0. The Labute approximate surface area is 129 Å². The smallest absolute Gasteiger partial charge is 0.340 e. The molecule has 0 bridgehead atoms. The van der Waals surface area contributed by atoms with Gasteiger partial charge in [-0.05, 0) is 17.4 Å². The van der Waals surface area contributed by atoms with Crippen LogP contribution >= 0.6 is 0 Å². The van der Waals surface area contributed by atoms with Crippen LogP contribution in [0.15, 0.2) is 35.1 Å². The Kier molecular flexibility index (Phi) is 5.14. The van der Waals surface area contributed by atoms with E-state index in [9.17, 15) is 9.59 Å². The Hall–Kier alpha value is -2.37. The van der Waals surface area contributed by atoms with Gasteiger partial charge in [0.05, 0.1) is 0 Å². The molecule has 2 rings (SSSR count). The zero-order valence-corrected chi connectivity index (χ0v) is 13.0. The molecule has 0 atom stereocenters. The maximum Gasteiger partial charge on any atom is 0.340 e. The van der Waals surface area contributed by atoms with Crippen molar-refractivity contribution in [1.29, 1.82) is 0 Å². The molecule has 0 saturated carbocycles. The summed E-state index contributed by atoms with van der Waals surface area (Å²) in [5.74, 6) is 0.566. The molecular formula is C16H22N4O2. The summed E-state index contributed by atoms with van der Waals surface area (Å²) in [7, 11) is 0. The largest absolute Gasteiger partial charge is 0.356 e. The van der Waals surface area contributed by atoms with E-state index < -0.39 is 0 Å². The highest BCUT2D eigenvalue weighted by atomic mass is 16.2. The maximum absolute atomic E-state index is 11.9. The van der Waals surface area contributed by atoms with Crippen molar-refractivity contribution in [3.63, 3.8) is 0 Å². The van der Waals surface area contributed by atoms with Crippen LogP contribution in [0.5, 0.6) is 0 Å². The van der Waals surface area contributed by atoms with E-state index in [-0.39, 0.29) is 17.0 Å². The van der Waals surface area contributed by atoms with E-state index in [1.165, 1.54) is 5.56 Å². The molecule has 0 aliphatic rings. The summed E-state index contributed by atoms with van der Waals surface area (Å²) in [4.78, 5) is 25.3. The lowest BCUT2D eigenvalue weighted by atomic mass is 9.80. The molecule has 0 spiro atoms. The topological polar surface area (TPSA) is 90.6 Å². The van der Waals surface area contributed by atoms with Crippen LogP contribution in [0.25, 0.3) is 0 Å². The zero-order valence-electron chi connectivity index (χ0n) is 13.0. The maximum atomic E-state index is 11.9. The van der Waals surface area contributed by atoms with Crippen LogP contribution in [-0.4, -0.2) is 27.6 Å². The number of amides is 1. The van der Waals surface area contributed by atoms with Gasteiger partial charge in [-0.1, -0.05) is 44.2 Å². The molecule has 22 heavy (non-hydrogen) atoms. The summed E-state index contributed by atoms with van der Waals surface area (Å²) in [5.41, 5.74) is 0.870. The monoisotopic (exact) mass is 302 g/mol. The molecular weight excluding hydrogens is 280 g/mol. The molecule has 118 valence electrons. The van der Waals surface area contributed by atoms with Gasteiger partial charge in [-0.2, -0.15) is 5.10 Å². The second kappa shape index (κ2) is 7.06. The van der Waals surface area contributed by atoms with Crippen molar-refractivity contribution in [2.45, 2.75) is 38.5 Å². The molecule has 1 amide bonds. The molecule has 1 heterocycles. The highest BCUT2D eigenvalue weighted by Crippen LogP contribution is 2.27. The highest BCUT2D eigenvalue weighted by Gasteiger charge is 2.21. The van der Waals surface area contributed by atoms with Gasteiger partial charge in [-0.15, -0.1) is 0 Å². The quantitative estimate of drug-likeness (QED) is 0.724. The van der Waals surface area contributed by atoms with E-state index >= 15 is 0 Å². The number of carbonyl (C=O) groups excluding carboxylic acids is 1. The molecule has 6 nitrogen and oxygen atoms in total. The van der Waals surface area contributed by atoms with Crippen molar-refractivity contribution in [2.75, 3.05) is 6.54 Å². The van der Waals surface area contributed by atoms with E-state index in [4.69, 9.17) is 0 Å². The number of aromatic amines is 2. The summed E-state index contributed by atoms with van der Waals surface area (Å²) in [6.07, 6.45) is 1.76. The first-order chi connectivity index (χ1) is 10.5. The minimum absolute atomic E-state index is 0.0156. The lowest BCUT2D eigenvalue weighted by Crippen LogP contribution is -2.28. The summed E-state index contributed by atoms with van der Waals surface area (Å²) in [6.45, 7) is 4.75. The fourth-order valence-corrected chi connectivity index (χ4v) is 2.29. The van der Waals surface area contributed by atoms with Crippen LogP contribution in [0, 0.1) is 0 Å². The van der Waals surface area contributed by atoms with Gasteiger partial charge >= 0.3 is 5.69 Å². The van der Waals surface area contributed by atoms with Crippen LogP contribution < -0.4 is 11.0 Å². The molecule has 0 radical (unpaired) electrons. The first-order valence-corrected chi connectivity index (χ1v) is 7.43. The molecule has 3 N–H and O–H groups in total. The first kappa shape index (κ1) is 16.0. The normalized spacial score (nSPS) is 11.4. The lowest BCUT2D eigenvalue weighted by molar-refractivity contribution is -0.121. The van der Waals surface area contributed by atoms with Crippen LogP contribution in [0.4, 0.5) is 0 Å². The SMILES string of the molecule is CC(C)(CCC(=O)NCCc1n[nH]c(=O)[nH]1)c1ccccc1.